The quantitative estimate of drug-likeness (QED) is 0.810. The van der Waals surface area contributed by atoms with E-state index in [4.69, 9.17) is 28.3 Å². The van der Waals surface area contributed by atoms with Gasteiger partial charge in [-0.2, -0.15) is 0 Å². The Morgan fingerprint density at radius 3 is 2.27 bits per heavy atom. The van der Waals surface area contributed by atoms with Crippen molar-refractivity contribution in [3.05, 3.63) is 69.7 Å². The van der Waals surface area contributed by atoms with Crippen molar-refractivity contribution in [2.75, 3.05) is 6.54 Å². The molecule has 0 radical (unpaired) electrons. The van der Waals surface area contributed by atoms with Crippen molar-refractivity contribution in [2.24, 2.45) is 0 Å². The minimum absolute atomic E-state index is 0.105. The zero-order valence-corrected chi connectivity index (χ0v) is 13.5. The second-order valence-electron chi connectivity index (χ2n) is 5.09. The van der Waals surface area contributed by atoms with Gasteiger partial charge in [0.2, 0.25) is 0 Å². The minimum atomic E-state index is -0.799. The fraction of sp³-hybridized carbons (Fsp3) is 0.235. The summed E-state index contributed by atoms with van der Waals surface area (Å²) in [5.74, 6) is -0.799. The lowest BCUT2D eigenvalue weighted by atomic mass is 10.1. The fourth-order valence-electron chi connectivity index (χ4n) is 2.21. The highest BCUT2D eigenvalue weighted by Gasteiger charge is 2.10. The minimum Gasteiger partial charge on any atom is -0.481 e. The first-order chi connectivity index (χ1) is 10.5. The predicted molar refractivity (Wildman–Crippen MR) is 89.3 cm³/mol. The predicted octanol–water partition coefficient (Wildman–Crippen LogP) is 4.47. The van der Waals surface area contributed by atoms with Crippen molar-refractivity contribution in [1.82, 2.24) is 4.90 Å². The molecule has 3 nitrogen and oxygen atoms in total. The number of carboxylic acids is 1. The molecule has 0 saturated heterocycles. The third kappa shape index (κ3) is 5.34. The van der Waals surface area contributed by atoms with Gasteiger partial charge in [0.25, 0.3) is 0 Å². The van der Waals surface area contributed by atoms with Crippen LogP contribution >= 0.6 is 23.2 Å². The molecule has 0 heterocycles. The Balaban J connectivity index is 2.09. The van der Waals surface area contributed by atoms with Gasteiger partial charge in [0.15, 0.2) is 0 Å². The first-order valence-corrected chi connectivity index (χ1v) is 7.72. The van der Waals surface area contributed by atoms with E-state index in [1.165, 1.54) is 0 Å². The smallest absolute Gasteiger partial charge is 0.304 e. The Bertz CT molecular complexity index is 632. The summed E-state index contributed by atoms with van der Waals surface area (Å²) in [6.07, 6.45) is 0.105. The summed E-state index contributed by atoms with van der Waals surface area (Å²) in [5.41, 5.74) is 2.16. The molecular formula is C17H17Cl2NO2. The number of carboxylic acid groups (broad SMARTS) is 1. The molecule has 0 saturated carbocycles. The van der Waals surface area contributed by atoms with Crippen LogP contribution in [0.2, 0.25) is 10.0 Å². The lowest BCUT2D eigenvalue weighted by Crippen LogP contribution is -2.25. The van der Waals surface area contributed by atoms with Gasteiger partial charge in [0.05, 0.1) is 16.5 Å². The van der Waals surface area contributed by atoms with Crippen molar-refractivity contribution in [1.29, 1.82) is 0 Å². The molecule has 2 rings (SSSR count). The van der Waals surface area contributed by atoms with Crippen molar-refractivity contribution >= 4 is 29.2 Å². The number of aliphatic carboxylic acids is 1. The largest absolute Gasteiger partial charge is 0.481 e. The van der Waals surface area contributed by atoms with Crippen LogP contribution in [0.4, 0.5) is 0 Å². The maximum atomic E-state index is 10.8. The number of carbonyl (C=O) groups is 1. The topological polar surface area (TPSA) is 40.5 Å². The van der Waals surface area contributed by atoms with Gasteiger partial charge in [-0.25, -0.2) is 0 Å². The Morgan fingerprint density at radius 2 is 1.64 bits per heavy atom. The van der Waals surface area contributed by atoms with Crippen molar-refractivity contribution < 1.29 is 9.90 Å². The van der Waals surface area contributed by atoms with E-state index in [1.807, 2.05) is 42.5 Å². The van der Waals surface area contributed by atoms with Gasteiger partial charge < -0.3 is 5.11 Å². The zero-order valence-electron chi connectivity index (χ0n) is 12.0. The molecular weight excluding hydrogens is 321 g/mol. The van der Waals surface area contributed by atoms with Crippen LogP contribution in [0, 0.1) is 0 Å². The standard InChI is InChI=1S/C17H17Cl2NO2/c18-15-7-6-14(10-16(15)19)12-20(9-8-17(21)22)11-13-4-2-1-3-5-13/h1-7,10H,8-9,11-12H2,(H,21,22). The maximum Gasteiger partial charge on any atom is 0.304 e. The van der Waals surface area contributed by atoms with Crippen LogP contribution in [-0.4, -0.2) is 22.5 Å². The van der Waals surface area contributed by atoms with E-state index in [0.717, 1.165) is 11.1 Å². The SMILES string of the molecule is O=C(O)CCN(Cc1ccccc1)Cc1ccc(Cl)c(Cl)c1. The summed E-state index contributed by atoms with van der Waals surface area (Å²) < 4.78 is 0. The average molecular weight is 338 g/mol. The molecule has 1 N–H and O–H groups in total. The van der Waals surface area contributed by atoms with Gasteiger partial charge in [-0.3, -0.25) is 9.69 Å². The molecule has 0 aliphatic heterocycles. The number of nitrogens with zero attached hydrogens (tertiary/aromatic N) is 1. The summed E-state index contributed by atoms with van der Waals surface area (Å²) in [5, 5.41) is 9.94. The molecule has 116 valence electrons. The summed E-state index contributed by atoms with van der Waals surface area (Å²) in [7, 11) is 0. The van der Waals surface area contributed by atoms with Gasteiger partial charge in [0.1, 0.15) is 0 Å². The second kappa shape index (κ2) is 8.18. The summed E-state index contributed by atoms with van der Waals surface area (Å²) in [6, 6.07) is 15.5. The molecule has 5 heteroatoms. The molecule has 2 aromatic carbocycles. The average Bonchev–Trinajstić information content (AvgIpc) is 2.49. The van der Waals surface area contributed by atoms with Gasteiger partial charge in [0, 0.05) is 19.6 Å². The molecule has 0 amide bonds. The van der Waals surface area contributed by atoms with Crippen LogP contribution in [-0.2, 0) is 17.9 Å². The summed E-state index contributed by atoms with van der Waals surface area (Å²) in [4.78, 5) is 12.9. The van der Waals surface area contributed by atoms with E-state index in [1.54, 1.807) is 6.07 Å². The highest BCUT2D eigenvalue weighted by Crippen LogP contribution is 2.23. The van der Waals surface area contributed by atoms with Crippen LogP contribution in [0.5, 0.6) is 0 Å². The molecule has 0 aliphatic carbocycles. The summed E-state index contributed by atoms with van der Waals surface area (Å²) >= 11 is 12.0. The van der Waals surface area contributed by atoms with Gasteiger partial charge in [-0.15, -0.1) is 0 Å². The van der Waals surface area contributed by atoms with Crippen molar-refractivity contribution in [3.8, 4) is 0 Å². The first kappa shape index (κ1) is 16.8. The Morgan fingerprint density at radius 1 is 0.955 bits per heavy atom. The second-order valence-corrected chi connectivity index (χ2v) is 5.90. The monoisotopic (exact) mass is 337 g/mol. The number of halogens is 2. The van der Waals surface area contributed by atoms with E-state index in [0.29, 0.717) is 29.7 Å². The van der Waals surface area contributed by atoms with Crippen LogP contribution in [0.3, 0.4) is 0 Å². The molecule has 0 bridgehead atoms. The molecule has 0 fully saturated rings. The van der Waals surface area contributed by atoms with E-state index in [-0.39, 0.29) is 6.42 Å². The Kier molecular flexibility index (Phi) is 6.25. The van der Waals surface area contributed by atoms with Crippen molar-refractivity contribution in [3.63, 3.8) is 0 Å². The zero-order chi connectivity index (χ0) is 15.9. The number of rotatable bonds is 7. The van der Waals surface area contributed by atoms with Crippen LogP contribution in [0.25, 0.3) is 0 Å². The lowest BCUT2D eigenvalue weighted by Gasteiger charge is -2.22. The van der Waals surface area contributed by atoms with Crippen molar-refractivity contribution in [2.45, 2.75) is 19.5 Å². The fourth-order valence-corrected chi connectivity index (χ4v) is 2.53. The first-order valence-electron chi connectivity index (χ1n) is 6.96. The summed E-state index contributed by atoms with van der Waals surface area (Å²) in [6.45, 7) is 1.79. The molecule has 2 aromatic rings. The van der Waals surface area contributed by atoms with Crippen LogP contribution < -0.4 is 0 Å². The molecule has 0 unspecified atom stereocenters. The third-order valence-electron chi connectivity index (χ3n) is 3.28. The normalized spacial score (nSPS) is 10.9. The van der Waals surface area contributed by atoms with Crippen LogP contribution in [0.1, 0.15) is 17.5 Å². The highest BCUT2D eigenvalue weighted by atomic mass is 35.5. The lowest BCUT2D eigenvalue weighted by molar-refractivity contribution is -0.137. The Hall–Kier alpha value is -1.55. The Labute approximate surface area is 140 Å². The van der Waals surface area contributed by atoms with Gasteiger partial charge >= 0.3 is 5.97 Å². The number of hydrogen-bond acceptors (Lipinski definition) is 2. The van der Waals surface area contributed by atoms with E-state index >= 15 is 0 Å². The molecule has 22 heavy (non-hydrogen) atoms. The number of benzene rings is 2. The molecule has 0 spiro atoms. The van der Waals surface area contributed by atoms with E-state index in [2.05, 4.69) is 4.90 Å². The number of hydrogen-bond donors (Lipinski definition) is 1. The molecule has 0 atom stereocenters. The molecule has 0 aromatic heterocycles. The maximum absolute atomic E-state index is 10.8. The third-order valence-corrected chi connectivity index (χ3v) is 4.02. The van der Waals surface area contributed by atoms with Crippen LogP contribution in [0.15, 0.2) is 48.5 Å². The van der Waals surface area contributed by atoms with E-state index in [9.17, 15) is 4.79 Å². The highest BCUT2D eigenvalue weighted by molar-refractivity contribution is 6.42. The van der Waals surface area contributed by atoms with Gasteiger partial charge in [-0.1, -0.05) is 59.6 Å². The molecule has 0 aliphatic rings. The van der Waals surface area contributed by atoms with Gasteiger partial charge in [-0.05, 0) is 23.3 Å². The van der Waals surface area contributed by atoms with E-state index < -0.39 is 5.97 Å².